The Balaban J connectivity index is 2.35. The summed E-state index contributed by atoms with van der Waals surface area (Å²) in [6.07, 6.45) is 12.1. The number of methoxy groups -OCH3 is 1. The summed E-state index contributed by atoms with van der Waals surface area (Å²) in [6, 6.07) is 0. The first kappa shape index (κ1) is 26.1. The summed E-state index contributed by atoms with van der Waals surface area (Å²) in [5.41, 5.74) is 0.289. The number of esters is 3. The predicted molar refractivity (Wildman–Crippen MR) is 112 cm³/mol. The molecule has 0 aromatic heterocycles. The van der Waals surface area contributed by atoms with Gasteiger partial charge in [-0.2, -0.15) is 0 Å². The number of ether oxygens (including phenoxy) is 3. The van der Waals surface area contributed by atoms with Gasteiger partial charge >= 0.3 is 17.9 Å². The fourth-order valence-corrected chi connectivity index (χ4v) is 3.48. The second-order valence-electron chi connectivity index (χ2n) is 7.81. The monoisotopic (exact) mass is 426 g/mol. The van der Waals surface area contributed by atoms with Crippen molar-refractivity contribution in [1.29, 1.82) is 0 Å². The zero-order valence-electron chi connectivity index (χ0n) is 18.5. The van der Waals surface area contributed by atoms with Crippen LogP contribution in [-0.4, -0.2) is 42.5 Å². The molecule has 0 spiro atoms. The van der Waals surface area contributed by atoms with Gasteiger partial charge in [-0.1, -0.05) is 64.7 Å². The minimum absolute atomic E-state index is 0.0712. The summed E-state index contributed by atoms with van der Waals surface area (Å²) < 4.78 is 14.8. The van der Waals surface area contributed by atoms with E-state index in [9.17, 15) is 19.5 Å². The third-order valence-corrected chi connectivity index (χ3v) is 5.25. The Morgan fingerprint density at radius 1 is 0.967 bits per heavy atom. The van der Waals surface area contributed by atoms with Crippen molar-refractivity contribution in [3.63, 3.8) is 0 Å². The van der Waals surface area contributed by atoms with Gasteiger partial charge < -0.3 is 19.3 Å². The van der Waals surface area contributed by atoms with Gasteiger partial charge in [0, 0.05) is 24.5 Å². The maximum atomic E-state index is 12.1. The van der Waals surface area contributed by atoms with E-state index in [1.165, 1.54) is 58.1 Å². The lowest BCUT2D eigenvalue weighted by Gasteiger charge is -2.20. The van der Waals surface area contributed by atoms with Crippen LogP contribution in [0.1, 0.15) is 96.8 Å². The van der Waals surface area contributed by atoms with Crippen molar-refractivity contribution in [1.82, 2.24) is 0 Å². The predicted octanol–water partition coefficient (Wildman–Crippen LogP) is 4.35. The topological polar surface area (TPSA) is 99.1 Å². The number of hydrogen-bond donors (Lipinski definition) is 1. The number of unbranched alkanes of at least 4 members (excludes halogenated alkanes) is 9. The number of carbonyl (C=O) groups excluding carboxylic acids is 3. The first-order chi connectivity index (χ1) is 14.5. The Morgan fingerprint density at radius 3 is 2.07 bits per heavy atom. The van der Waals surface area contributed by atoms with Crippen LogP contribution >= 0.6 is 0 Å². The molecular formula is C23H38O7. The summed E-state index contributed by atoms with van der Waals surface area (Å²) in [5, 5.41) is 9.92. The number of carbonyl (C=O) groups is 3. The summed E-state index contributed by atoms with van der Waals surface area (Å²) >= 11 is 0. The van der Waals surface area contributed by atoms with Crippen molar-refractivity contribution in [3.05, 3.63) is 11.6 Å². The van der Waals surface area contributed by atoms with E-state index >= 15 is 0 Å². The molecule has 1 aliphatic heterocycles. The number of cyclic esters (lactones) is 1. The SMILES string of the molecule is CCCCCCCCCCCCC(OC(=O)CCCC(=O)OC)C1=CC(=O)OC1O. The van der Waals surface area contributed by atoms with E-state index in [0.29, 0.717) is 12.8 Å². The van der Waals surface area contributed by atoms with Crippen molar-refractivity contribution < 1.29 is 33.7 Å². The smallest absolute Gasteiger partial charge is 0.333 e. The van der Waals surface area contributed by atoms with Crippen LogP contribution in [-0.2, 0) is 28.6 Å². The Morgan fingerprint density at radius 2 is 1.53 bits per heavy atom. The van der Waals surface area contributed by atoms with Gasteiger partial charge in [0.25, 0.3) is 0 Å². The minimum atomic E-state index is -1.37. The molecule has 2 atom stereocenters. The normalized spacial score (nSPS) is 16.7. The van der Waals surface area contributed by atoms with Crippen LogP contribution in [0.2, 0.25) is 0 Å². The Bertz CT molecular complexity index is 556. The molecule has 0 saturated heterocycles. The fraction of sp³-hybridized carbons (Fsp3) is 0.783. The second kappa shape index (κ2) is 15.9. The number of aliphatic hydroxyl groups excluding tert-OH is 1. The van der Waals surface area contributed by atoms with Crippen molar-refractivity contribution in [2.45, 2.75) is 109 Å². The molecule has 1 rings (SSSR count). The molecule has 0 fully saturated rings. The quantitative estimate of drug-likeness (QED) is 0.210. The maximum absolute atomic E-state index is 12.1. The van der Waals surface area contributed by atoms with Gasteiger partial charge in [-0.25, -0.2) is 4.79 Å². The maximum Gasteiger partial charge on any atom is 0.333 e. The van der Waals surface area contributed by atoms with Gasteiger partial charge in [0.05, 0.1) is 7.11 Å². The summed E-state index contributed by atoms with van der Waals surface area (Å²) in [4.78, 5) is 34.7. The molecule has 0 bridgehead atoms. The molecule has 2 unspecified atom stereocenters. The zero-order chi connectivity index (χ0) is 22.2. The molecular weight excluding hydrogens is 388 g/mol. The van der Waals surface area contributed by atoms with Crippen molar-refractivity contribution in [2.24, 2.45) is 0 Å². The van der Waals surface area contributed by atoms with Crippen LogP contribution in [0.5, 0.6) is 0 Å². The second-order valence-corrected chi connectivity index (χ2v) is 7.81. The lowest BCUT2D eigenvalue weighted by atomic mass is 10.0. The summed E-state index contributed by atoms with van der Waals surface area (Å²) in [6.45, 7) is 2.22. The van der Waals surface area contributed by atoms with Gasteiger partial charge in [-0.3, -0.25) is 9.59 Å². The Labute approximate surface area is 180 Å². The van der Waals surface area contributed by atoms with Gasteiger partial charge in [-0.05, 0) is 19.3 Å². The third-order valence-electron chi connectivity index (χ3n) is 5.25. The standard InChI is InChI=1S/C23H38O7/c1-3-4-5-6-7-8-9-10-11-12-14-19(18-17-22(26)30-23(18)27)29-21(25)16-13-15-20(24)28-2/h17,19,23,27H,3-16H2,1-2H3. The van der Waals surface area contributed by atoms with Gasteiger partial charge in [0.15, 0.2) is 0 Å². The van der Waals surface area contributed by atoms with E-state index in [2.05, 4.69) is 11.7 Å². The molecule has 1 heterocycles. The third kappa shape index (κ3) is 11.3. The average molecular weight is 427 g/mol. The van der Waals surface area contributed by atoms with Crippen molar-refractivity contribution >= 4 is 17.9 Å². The largest absolute Gasteiger partial charge is 0.469 e. The molecule has 0 aliphatic carbocycles. The van der Waals surface area contributed by atoms with Crippen LogP contribution in [0, 0.1) is 0 Å². The van der Waals surface area contributed by atoms with E-state index in [1.807, 2.05) is 0 Å². The van der Waals surface area contributed by atoms with Gasteiger partial charge in [0.1, 0.15) is 6.10 Å². The Hall–Kier alpha value is -1.89. The summed E-state index contributed by atoms with van der Waals surface area (Å²) in [5.74, 6) is -1.48. The molecule has 0 amide bonds. The highest BCUT2D eigenvalue weighted by molar-refractivity contribution is 5.86. The molecule has 30 heavy (non-hydrogen) atoms. The molecule has 7 nitrogen and oxygen atoms in total. The lowest BCUT2D eigenvalue weighted by molar-refractivity contribution is -0.154. The molecule has 1 N–H and O–H groups in total. The van der Waals surface area contributed by atoms with E-state index < -0.39 is 24.3 Å². The van der Waals surface area contributed by atoms with Crippen LogP contribution in [0.4, 0.5) is 0 Å². The fourth-order valence-electron chi connectivity index (χ4n) is 3.48. The number of hydrogen-bond acceptors (Lipinski definition) is 7. The molecule has 172 valence electrons. The van der Waals surface area contributed by atoms with Crippen molar-refractivity contribution in [2.75, 3.05) is 7.11 Å². The zero-order valence-corrected chi connectivity index (χ0v) is 18.5. The highest BCUT2D eigenvalue weighted by atomic mass is 16.6. The van der Waals surface area contributed by atoms with Gasteiger partial charge in [0.2, 0.25) is 6.29 Å². The molecule has 0 aromatic carbocycles. The van der Waals surface area contributed by atoms with Crippen LogP contribution in [0.15, 0.2) is 11.6 Å². The highest BCUT2D eigenvalue weighted by Gasteiger charge is 2.32. The first-order valence-corrected chi connectivity index (χ1v) is 11.3. The van der Waals surface area contributed by atoms with E-state index in [0.717, 1.165) is 19.3 Å². The van der Waals surface area contributed by atoms with E-state index in [4.69, 9.17) is 9.47 Å². The first-order valence-electron chi connectivity index (χ1n) is 11.3. The Kier molecular flexibility index (Phi) is 13.8. The lowest BCUT2D eigenvalue weighted by Crippen LogP contribution is -2.26. The van der Waals surface area contributed by atoms with Crippen LogP contribution in [0.25, 0.3) is 0 Å². The van der Waals surface area contributed by atoms with Gasteiger partial charge in [-0.15, -0.1) is 0 Å². The molecule has 1 aliphatic rings. The molecule has 0 saturated carbocycles. The number of aliphatic hydroxyl groups is 1. The van der Waals surface area contributed by atoms with E-state index in [1.54, 1.807) is 0 Å². The summed E-state index contributed by atoms with van der Waals surface area (Å²) in [7, 11) is 1.30. The van der Waals surface area contributed by atoms with Crippen LogP contribution in [0.3, 0.4) is 0 Å². The number of rotatable bonds is 17. The molecule has 0 radical (unpaired) electrons. The highest BCUT2D eigenvalue weighted by Crippen LogP contribution is 2.24. The van der Waals surface area contributed by atoms with Crippen molar-refractivity contribution in [3.8, 4) is 0 Å². The molecule has 7 heteroatoms. The average Bonchev–Trinajstić information content (AvgIpc) is 3.06. The van der Waals surface area contributed by atoms with E-state index in [-0.39, 0.29) is 24.4 Å². The minimum Gasteiger partial charge on any atom is -0.469 e. The van der Waals surface area contributed by atoms with Crippen LogP contribution < -0.4 is 0 Å². The molecule has 0 aromatic rings.